The number of hydrogen-bond donors (Lipinski definition) is 2. The number of amides is 3. The predicted octanol–water partition coefficient (Wildman–Crippen LogP) is 0.150. The van der Waals surface area contributed by atoms with Crippen molar-refractivity contribution in [3.63, 3.8) is 0 Å². The van der Waals surface area contributed by atoms with Gasteiger partial charge in [-0.25, -0.2) is 4.79 Å². The molecule has 7 heteroatoms. The van der Waals surface area contributed by atoms with Crippen LogP contribution in [0.25, 0.3) is 0 Å². The Morgan fingerprint density at radius 3 is 2.36 bits per heavy atom. The minimum atomic E-state index is -0.849. The van der Waals surface area contributed by atoms with Gasteiger partial charge in [0.1, 0.15) is 4.32 Å². The van der Waals surface area contributed by atoms with Crippen molar-refractivity contribution in [3.8, 4) is 0 Å². The third kappa shape index (κ3) is 5.03. The number of imide groups is 1. The molecule has 0 saturated carbocycles. The minimum Gasteiger partial charge on any atom is -0.364 e. The van der Waals surface area contributed by atoms with Crippen molar-refractivity contribution in [2.75, 3.05) is 14.1 Å². The van der Waals surface area contributed by atoms with Crippen LogP contribution in [0.2, 0.25) is 0 Å². The molecule has 0 aromatic carbocycles. The number of carbonyl (C=O) groups is 2. The fraction of sp³-hybridized carbons (Fsp3) is 0.571. The van der Waals surface area contributed by atoms with Gasteiger partial charge in [-0.2, -0.15) is 0 Å². The molecule has 0 aliphatic carbocycles. The number of nitrogens with one attached hydrogen (secondary N) is 1. The molecule has 1 atom stereocenters. The molecule has 14 heavy (non-hydrogen) atoms. The van der Waals surface area contributed by atoms with Crippen molar-refractivity contribution in [2.24, 2.45) is 5.73 Å². The average molecular weight is 235 g/mol. The smallest absolute Gasteiger partial charge is 0.318 e. The van der Waals surface area contributed by atoms with E-state index in [-0.39, 0.29) is 0 Å². The van der Waals surface area contributed by atoms with Crippen molar-refractivity contribution in [2.45, 2.75) is 12.2 Å². The lowest BCUT2D eigenvalue weighted by atomic mass is 10.4. The number of hydrogen-bond acceptors (Lipinski definition) is 4. The number of primary amides is 1. The molecule has 0 aromatic heterocycles. The Bertz CT molecular complexity index is 255. The van der Waals surface area contributed by atoms with Crippen LogP contribution in [-0.4, -0.2) is 40.5 Å². The van der Waals surface area contributed by atoms with Crippen LogP contribution < -0.4 is 11.1 Å². The number of nitrogens with two attached hydrogens (primary N) is 1. The summed E-state index contributed by atoms with van der Waals surface area (Å²) < 4.78 is 0.581. The molecular weight excluding hydrogens is 222 g/mol. The Morgan fingerprint density at radius 1 is 1.50 bits per heavy atom. The summed E-state index contributed by atoms with van der Waals surface area (Å²) in [5.74, 6) is -0.438. The summed E-state index contributed by atoms with van der Waals surface area (Å²) in [6.07, 6.45) is 0. The Hall–Kier alpha value is -0.820. The lowest BCUT2D eigenvalue weighted by Crippen LogP contribution is -2.40. The first-order chi connectivity index (χ1) is 6.34. The summed E-state index contributed by atoms with van der Waals surface area (Å²) in [4.78, 5) is 23.3. The third-order valence-electron chi connectivity index (χ3n) is 1.26. The number of urea groups is 1. The first kappa shape index (κ1) is 13.2. The van der Waals surface area contributed by atoms with E-state index in [9.17, 15) is 9.59 Å². The topological polar surface area (TPSA) is 75.4 Å². The Morgan fingerprint density at radius 2 is 2.00 bits per heavy atom. The second-order valence-electron chi connectivity index (χ2n) is 2.77. The Balaban J connectivity index is 4.08. The van der Waals surface area contributed by atoms with Gasteiger partial charge < -0.3 is 10.6 Å². The predicted molar refractivity (Wildman–Crippen MR) is 61.1 cm³/mol. The molecule has 0 fully saturated rings. The molecule has 0 unspecified atom stereocenters. The minimum absolute atomic E-state index is 0.433. The van der Waals surface area contributed by atoms with Crippen molar-refractivity contribution < 1.29 is 9.59 Å². The number of thiocarbonyl (C=S) groups is 1. The van der Waals surface area contributed by atoms with Gasteiger partial charge in [0.15, 0.2) is 0 Å². The molecular formula is C7H13N3O2S2. The molecule has 0 heterocycles. The van der Waals surface area contributed by atoms with E-state index >= 15 is 0 Å². The van der Waals surface area contributed by atoms with E-state index in [2.05, 4.69) is 0 Å². The number of nitrogens with zero attached hydrogens (tertiary/aromatic N) is 1. The van der Waals surface area contributed by atoms with Crippen LogP contribution in [0.1, 0.15) is 6.92 Å². The van der Waals surface area contributed by atoms with Gasteiger partial charge in [0.25, 0.3) is 0 Å². The van der Waals surface area contributed by atoms with Crippen molar-refractivity contribution in [3.05, 3.63) is 0 Å². The highest BCUT2D eigenvalue weighted by atomic mass is 32.2. The maximum atomic E-state index is 11.2. The monoisotopic (exact) mass is 235 g/mol. The fourth-order valence-corrected chi connectivity index (χ4v) is 1.65. The molecule has 3 N–H and O–H groups in total. The molecule has 3 amide bonds. The zero-order valence-corrected chi connectivity index (χ0v) is 9.87. The summed E-state index contributed by atoms with van der Waals surface area (Å²) in [5.41, 5.74) is 4.80. The van der Waals surface area contributed by atoms with Gasteiger partial charge in [-0.15, -0.1) is 0 Å². The summed E-state index contributed by atoms with van der Waals surface area (Å²) in [5, 5.41) is 1.55. The van der Waals surface area contributed by atoms with Gasteiger partial charge in [0.2, 0.25) is 5.91 Å². The summed E-state index contributed by atoms with van der Waals surface area (Å²) in [6, 6.07) is -0.849. The second-order valence-corrected chi connectivity index (χ2v) is 4.75. The zero-order chi connectivity index (χ0) is 11.3. The normalized spacial score (nSPS) is 11.6. The first-order valence-corrected chi connectivity index (χ1v) is 5.11. The van der Waals surface area contributed by atoms with Crippen LogP contribution in [0, 0.1) is 0 Å². The van der Waals surface area contributed by atoms with Crippen molar-refractivity contribution in [1.29, 1.82) is 0 Å². The molecule has 0 rings (SSSR count). The van der Waals surface area contributed by atoms with E-state index in [0.29, 0.717) is 4.32 Å². The van der Waals surface area contributed by atoms with Crippen LogP contribution in [0.3, 0.4) is 0 Å². The van der Waals surface area contributed by atoms with Crippen LogP contribution >= 0.6 is 24.0 Å². The zero-order valence-electron chi connectivity index (χ0n) is 8.23. The maximum Gasteiger partial charge on any atom is 0.318 e. The highest BCUT2D eigenvalue weighted by molar-refractivity contribution is 8.23. The van der Waals surface area contributed by atoms with Gasteiger partial charge in [-0.3, -0.25) is 10.1 Å². The lowest BCUT2D eigenvalue weighted by Gasteiger charge is -2.16. The van der Waals surface area contributed by atoms with Crippen molar-refractivity contribution in [1.82, 2.24) is 10.2 Å². The van der Waals surface area contributed by atoms with E-state index in [1.54, 1.807) is 25.9 Å². The van der Waals surface area contributed by atoms with Gasteiger partial charge in [-0.1, -0.05) is 24.0 Å². The SMILES string of the molecule is C[C@H](SC(=S)N(C)C)C(=O)NC(N)=O. The van der Waals surface area contributed by atoms with Gasteiger partial charge in [0.05, 0.1) is 5.25 Å². The lowest BCUT2D eigenvalue weighted by molar-refractivity contribution is -0.119. The Kier molecular flexibility index (Phi) is 5.47. The molecule has 0 aliphatic rings. The number of rotatable bonds is 2. The van der Waals surface area contributed by atoms with E-state index in [1.165, 1.54) is 11.8 Å². The van der Waals surface area contributed by atoms with Crippen molar-refractivity contribution >= 4 is 40.2 Å². The van der Waals surface area contributed by atoms with E-state index in [1.807, 2.05) is 5.32 Å². The van der Waals surface area contributed by atoms with Gasteiger partial charge >= 0.3 is 6.03 Å². The first-order valence-electron chi connectivity index (χ1n) is 3.82. The molecule has 80 valence electrons. The molecule has 0 radical (unpaired) electrons. The molecule has 0 aromatic rings. The molecule has 5 nitrogen and oxygen atoms in total. The van der Waals surface area contributed by atoms with Crippen LogP contribution in [-0.2, 0) is 4.79 Å². The quantitative estimate of drug-likeness (QED) is 0.666. The van der Waals surface area contributed by atoms with E-state index < -0.39 is 17.2 Å². The summed E-state index contributed by atoms with van der Waals surface area (Å²) in [7, 11) is 3.57. The molecule has 0 spiro atoms. The molecule has 0 aliphatic heterocycles. The van der Waals surface area contributed by atoms with Crippen LogP contribution in [0.4, 0.5) is 4.79 Å². The summed E-state index contributed by atoms with van der Waals surface area (Å²) >= 11 is 6.18. The van der Waals surface area contributed by atoms with Gasteiger partial charge in [-0.05, 0) is 6.92 Å². The average Bonchev–Trinajstić information content (AvgIpc) is 2.02. The molecule has 0 saturated heterocycles. The summed E-state index contributed by atoms with van der Waals surface area (Å²) in [6.45, 7) is 1.65. The van der Waals surface area contributed by atoms with E-state index in [4.69, 9.17) is 18.0 Å². The van der Waals surface area contributed by atoms with E-state index in [0.717, 1.165) is 0 Å². The van der Waals surface area contributed by atoms with Gasteiger partial charge in [0, 0.05) is 14.1 Å². The number of carbonyl (C=O) groups excluding carboxylic acids is 2. The fourth-order valence-electron chi connectivity index (χ4n) is 0.533. The Labute approximate surface area is 92.4 Å². The second kappa shape index (κ2) is 5.82. The molecule has 0 bridgehead atoms. The van der Waals surface area contributed by atoms with Crippen LogP contribution in [0.5, 0.6) is 0 Å². The highest BCUT2D eigenvalue weighted by Crippen LogP contribution is 2.14. The standard InChI is InChI=1S/C7H13N3O2S2/c1-4(5(11)9-6(8)12)14-7(13)10(2)3/h4H,1-3H3,(H3,8,9,11,12)/t4-/m0/s1. The third-order valence-corrected chi connectivity index (χ3v) is 3.05. The highest BCUT2D eigenvalue weighted by Gasteiger charge is 2.17. The maximum absolute atomic E-state index is 11.2. The van der Waals surface area contributed by atoms with Crippen LogP contribution in [0.15, 0.2) is 0 Å². The number of thioether (sulfide) groups is 1. The largest absolute Gasteiger partial charge is 0.364 e.